The van der Waals surface area contributed by atoms with E-state index in [1.54, 1.807) is 26.8 Å². The highest BCUT2D eigenvalue weighted by atomic mass is 16.6. The Balaban J connectivity index is 3.11. The minimum absolute atomic E-state index is 0.0216. The zero-order valence-corrected chi connectivity index (χ0v) is 17.5. The molecule has 1 fully saturated rings. The number of rotatable bonds is 5. The molecule has 2 amide bonds. The molecule has 26 heavy (non-hydrogen) atoms. The molecular formula is C21H36N2O3. The van der Waals surface area contributed by atoms with E-state index in [2.05, 4.69) is 39.2 Å². The van der Waals surface area contributed by atoms with Crippen molar-refractivity contribution in [2.45, 2.75) is 85.0 Å². The van der Waals surface area contributed by atoms with Crippen molar-refractivity contribution in [3.8, 4) is 0 Å². The van der Waals surface area contributed by atoms with Gasteiger partial charge in [0, 0.05) is 12.0 Å². The monoisotopic (exact) mass is 364 g/mol. The molecule has 4 atom stereocenters. The van der Waals surface area contributed by atoms with Crippen LogP contribution in [0.2, 0.25) is 0 Å². The minimum atomic E-state index is -0.715. The number of carbonyl (C=O) groups excluding carboxylic acids is 2. The van der Waals surface area contributed by atoms with Gasteiger partial charge in [0.05, 0.1) is 6.04 Å². The summed E-state index contributed by atoms with van der Waals surface area (Å²) >= 11 is 0. The quantitative estimate of drug-likeness (QED) is 0.740. The second-order valence-corrected chi connectivity index (χ2v) is 9.23. The van der Waals surface area contributed by atoms with Gasteiger partial charge < -0.3 is 15.0 Å². The molecule has 0 aromatic carbocycles. The molecule has 0 bridgehead atoms. The van der Waals surface area contributed by atoms with E-state index >= 15 is 0 Å². The predicted molar refractivity (Wildman–Crippen MR) is 106 cm³/mol. The lowest BCUT2D eigenvalue weighted by Crippen LogP contribution is -2.57. The Morgan fingerprint density at radius 2 is 1.73 bits per heavy atom. The minimum Gasteiger partial charge on any atom is -0.444 e. The van der Waals surface area contributed by atoms with Gasteiger partial charge >= 0.3 is 6.09 Å². The predicted octanol–water partition coefficient (Wildman–Crippen LogP) is 4.29. The molecule has 0 unspecified atom stereocenters. The van der Waals surface area contributed by atoms with Gasteiger partial charge in [0.25, 0.3) is 0 Å². The van der Waals surface area contributed by atoms with Gasteiger partial charge in [-0.3, -0.25) is 4.79 Å². The van der Waals surface area contributed by atoms with Gasteiger partial charge in [-0.2, -0.15) is 0 Å². The van der Waals surface area contributed by atoms with Gasteiger partial charge in [-0.05, 0) is 39.0 Å². The average Bonchev–Trinajstić information content (AvgIpc) is 2.93. The number of hydrogen-bond acceptors (Lipinski definition) is 3. The summed E-state index contributed by atoms with van der Waals surface area (Å²) in [7, 11) is 0. The number of nitrogens with zero attached hydrogens (tertiary/aromatic N) is 1. The van der Waals surface area contributed by atoms with E-state index in [1.807, 2.05) is 17.9 Å². The van der Waals surface area contributed by atoms with Crippen molar-refractivity contribution >= 4 is 12.0 Å². The first kappa shape index (κ1) is 22.3. The van der Waals surface area contributed by atoms with Crippen LogP contribution in [-0.4, -0.2) is 40.6 Å². The van der Waals surface area contributed by atoms with E-state index in [0.717, 1.165) is 12.8 Å². The van der Waals surface area contributed by atoms with Crippen molar-refractivity contribution in [1.82, 2.24) is 10.2 Å². The molecule has 148 valence electrons. The van der Waals surface area contributed by atoms with Crippen LogP contribution < -0.4 is 5.32 Å². The van der Waals surface area contributed by atoms with Crippen molar-refractivity contribution in [1.29, 1.82) is 0 Å². The molecule has 0 saturated carbocycles. The maximum atomic E-state index is 13.4. The molecule has 5 nitrogen and oxygen atoms in total. The summed E-state index contributed by atoms with van der Waals surface area (Å²) in [4.78, 5) is 27.6. The molecule has 0 aliphatic carbocycles. The first-order valence-electron chi connectivity index (χ1n) is 9.38. The first-order chi connectivity index (χ1) is 11.8. The zero-order chi connectivity index (χ0) is 20.3. The van der Waals surface area contributed by atoms with Crippen molar-refractivity contribution in [3.63, 3.8) is 0 Å². The molecule has 1 aliphatic heterocycles. The molecular weight excluding hydrogens is 328 g/mol. The maximum absolute atomic E-state index is 13.4. The van der Waals surface area contributed by atoms with Crippen LogP contribution >= 0.6 is 0 Å². The number of likely N-dealkylation sites (tertiary alicyclic amines) is 1. The third kappa shape index (κ3) is 5.61. The number of amides is 2. The largest absolute Gasteiger partial charge is 0.444 e. The molecule has 1 rings (SSSR count). The smallest absolute Gasteiger partial charge is 0.408 e. The maximum Gasteiger partial charge on any atom is 0.408 e. The lowest BCUT2D eigenvalue weighted by Gasteiger charge is -2.40. The Kier molecular flexibility index (Phi) is 7.09. The lowest BCUT2D eigenvalue weighted by atomic mass is 9.84. The lowest BCUT2D eigenvalue weighted by molar-refractivity contribution is -0.138. The van der Waals surface area contributed by atoms with Crippen LogP contribution in [0.15, 0.2) is 25.3 Å². The molecule has 0 spiro atoms. The molecule has 1 aliphatic rings. The summed E-state index contributed by atoms with van der Waals surface area (Å²) in [5.41, 5.74) is -0.679. The van der Waals surface area contributed by atoms with Crippen molar-refractivity contribution in [2.75, 3.05) is 0 Å². The Morgan fingerprint density at radius 3 is 2.15 bits per heavy atom. The molecule has 0 aromatic rings. The van der Waals surface area contributed by atoms with Crippen LogP contribution in [0, 0.1) is 11.3 Å². The van der Waals surface area contributed by atoms with Gasteiger partial charge in [-0.1, -0.05) is 39.8 Å². The summed E-state index contributed by atoms with van der Waals surface area (Å²) in [6, 6.07) is -0.641. The highest BCUT2D eigenvalue weighted by Crippen LogP contribution is 2.37. The Hall–Kier alpha value is -1.78. The van der Waals surface area contributed by atoms with Crippen molar-refractivity contribution in [2.24, 2.45) is 11.3 Å². The van der Waals surface area contributed by atoms with Crippen LogP contribution in [0.1, 0.15) is 61.3 Å². The molecule has 0 aromatic heterocycles. The number of carbonyl (C=O) groups is 2. The highest BCUT2D eigenvalue weighted by molar-refractivity contribution is 5.87. The van der Waals surface area contributed by atoms with Crippen LogP contribution in [0.3, 0.4) is 0 Å². The van der Waals surface area contributed by atoms with Crippen LogP contribution in [0.25, 0.3) is 0 Å². The first-order valence-corrected chi connectivity index (χ1v) is 9.38. The fraction of sp³-hybridized carbons (Fsp3) is 0.714. The third-order valence-electron chi connectivity index (χ3n) is 4.79. The fourth-order valence-electron chi connectivity index (χ4n) is 3.39. The topological polar surface area (TPSA) is 58.6 Å². The van der Waals surface area contributed by atoms with Crippen LogP contribution in [0.4, 0.5) is 4.79 Å². The van der Waals surface area contributed by atoms with Crippen molar-refractivity contribution < 1.29 is 14.3 Å². The van der Waals surface area contributed by atoms with Gasteiger partial charge in [0.15, 0.2) is 0 Å². The molecule has 0 radical (unpaired) electrons. The molecule has 1 N–H and O–H groups in total. The van der Waals surface area contributed by atoms with E-state index in [0.29, 0.717) is 0 Å². The number of alkyl carbamates (subject to hydrolysis) is 1. The second kappa shape index (κ2) is 8.28. The van der Waals surface area contributed by atoms with Gasteiger partial charge in [-0.25, -0.2) is 4.79 Å². The van der Waals surface area contributed by atoms with Crippen LogP contribution in [-0.2, 0) is 9.53 Å². The number of ether oxygens (including phenoxy) is 1. The third-order valence-corrected chi connectivity index (χ3v) is 4.79. The summed E-state index contributed by atoms with van der Waals surface area (Å²) in [5.74, 6) is -0.327. The van der Waals surface area contributed by atoms with Crippen LogP contribution in [0.5, 0.6) is 0 Å². The van der Waals surface area contributed by atoms with E-state index < -0.39 is 17.7 Å². The van der Waals surface area contributed by atoms with E-state index in [-0.39, 0.29) is 29.3 Å². The Bertz CT molecular complexity index is 542. The SMILES string of the molecule is C=C[C@H](C)[C@@H](NC(=O)OC(C)(C)C)C(=O)N1[C@H](C(C)(C)C)CC[C@@H]1C=C. The molecule has 1 saturated heterocycles. The Morgan fingerprint density at radius 1 is 1.15 bits per heavy atom. The average molecular weight is 365 g/mol. The zero-order valence-electron chi connectivity index (χ0n) is 17.5. The van der Waals surface area contributed by atoms with Crippen molar-refractivity contribution in [3.05, 3.63) is 25.3 Å². The summed E-state index contributed by atoms with van der Waals surface area (Å²) in [6.45, 7) is 21.4. The van der Waals surface area contributed by atoms with Gasteiger partial charge in [0.1, 0.15) is 11.6 Å². The van der Waals surface area contributed by atoms with E-state index in [1.165, 1.54) is 0 Å². The summed E-state index contributed by atoms with van der Waals surface area (Å²) in [5, 5.41) is 2.76. The molecule has 1 heterocycles. The summed E-state index contributed by atoms with van der Waals surface area (Å²) < 4.78 is 5.35. The standard InChI is InChI=1S/C21H36N2O3/c1-10-14(3)17(22-19(25)26-21(7,8)9)18(24)23-15(11-2)12-13-16(23)20(4,5)6/h10-11,14-17H,1-2,12-13H2,3-9H3,(H,22,25)/t14-,15-,16-,17+/m0/s1. The summed E-state index contributed by atoms with van der Waals surface area (Å²) in [6.07, 6.45) is 4.73. The van der Waals surface area contributed by atoms with Gasteiger partial charge in [0.2, 0.25) is 5.91 Å². The normalized spacial score (nSPS) is 23.1. The van der Waals surface area contributed by atoms with E-state index in [4.69, 9.17) is 4.74 Å². The van der Waals surface area contributed by atoms with Gasteiger partial charge in [-0.15, -0.1) is 13.2 Å². The second-order valence-electron chi connectivity index (χ2n) is 9.23. The fourth-order valence-corrected chi connectivity index (χ4v) is 3.39. The number of nitrogens with one attached hydrogen (secondary N) is 1. The van der Waals surface area contributed by atoms with E-state index in [9.17, 15) is 9.59 Å². The highest BCUT2D eigenvalue weighted by Gasteiger charge is 2.44. The Labute approximate surface area is 158 Å². The number of hydrogen-bond donors (Lipinski definition) is 1. The molecule has 5 heteroatoms.